The zero-order valence-electron chi connectivity index (χ0n) is 20.2. The molecule has 36 heavy (non-hydrogen) atoms. The number of nitrogens with two attached hydrogens (primary N) is 1. The molecule has 0 amide bonds. The summed E-state index contributed by atoms with van der Waals surface area (Å²) >= 11 is 1.61. The molecule has 9 nitrogen and oxygen atoms in total. The molecule has 1 saturated carbocycles. The second-order valence-corrected chi connectivity index (χ2v) is 11.4. The number of H-pyrrole nitrogens is 1. The van der Waals surface area contributed by atoms with Crippen molar-refractivity contribution in [2.75, 3.05) is 23.3 Å². The van der Waals surface area contributed by atoms with Crippen LogP contribution in [-0.2, 0) is 6.42 Å². The summed E-state index contributed by atoms with van der Waals surface area (Å²) < 4.78 is 0. The van der Waals surface area contributed by atoms with Crippen molar-refractivity contribution >= 4 is 34.8 Å². The van der Waals surface area contributed by atoms with Gasteiger partial charge in [0.15, 0.2) is 11.3 Å². The molecule has 1 spiro atoms. The molecule has 0 aromatic carbocycles. The van der Waals surface area contributed by atoms with Gasteiger partial charge in [-0.3, -0.25) is 4.98 Å². The first-order chi connectivity index (χ1) is 17.6. The van der Waals surface area contributed by atoms with Crippen molar-refractivity contribution in [3.05, 3.63) is 53.6 Å². The van der Waals surface area contributed by atoms with Gasteiger partial charge in [0.1, 0.15) is 10.8 Å². The summed E-state index contributed by atoms with van der Waals surface area (Å²) in [7, 11) is 0. The molecule has 5 heterocycles. The Morgan fingerprint density at radius 3 is 2.78 bits per heavy atom. The smallest absolute Gasteiger partial charge is 0.206 e. The Morgan fingerprint density at radius 1 is 1.11 bits per heavy atom. The molecule has 4 N–H and O–H groups in total. The Balaban J connectivity index is 1.07. The first kappa shape index (κ1) is 22.0. The molecule has 2 aliphatic carbocycles. The minimum Gasteiger partial charge on any atom is -0.367 e. The second-order valence-electron chi connectivity index (χ2n) is 10.3. The fourth-order valence-electron chi connectivity index (χ4n) is 5.63. The molecule has 184 valence electrons. The predicted molar refractivity (Wildman–Crippen MR) is 140 cm³/mol. The summed E-state index contributed by atoms with van der Waals surface area (Å²) in [6, 6.07) is 4.77. The van der Waals surface area contributed by atoms with Crippen LogP contribution in [0.5, 0.6) is 0 Å². The number of fused-ring (bicyclic) bond motifs is 2. The van der Waals surface area contributed by atoms with Crippen LogP contribution in [0.3, 0.4) is 0 Å². The van der Waals surface area contributed by atoms with Crippen molar-refractivity contribution in [1.29, 1.82) is 0 Å². The maximum atomic E-state index is 6.73. The monoisotopic (exact) mass is 499 g/mol. The van der Waals surface area contributed by atoms with E-state index >= 15 is 0 Å². The lowest BCUT2D eigenvalue weighted by molar-refractivity contribution is 0.187. The number of aromatic nitrogens is 6. The van der Waals surface area contributed by atoms with E-state index in [9.17, 15) is 0 Å². The molecule has 1 aliphatic heterocycles. The maximum Gasteiger partial charge on any atom is 0.206 e. The van der Waals surface area contributed by atoms with Crippen molar-refractivity contribution in [1.82, 2.24) is 29.9 Å². The number of nitrogens with zero attached hydrogens (tertiary/aromatic N) is 6. The number of aromatic amines is 1. The van der Waals surface area contributed by atoms with Gasteiger partial charge in [0.2, 0.25) is 5.95 Å². The summed E-state index contributed by atoms with van der Waals surface area (Å²) in [5.41, 5.74) is 11.9. The van der Waals surface area contributed by atoms with Crippen LogP contribution in [0.1, 0.15) is 48.4 Å². The summed E-state index contributed by atoms with van der Waals surface area (Å²) in [4.78, 5) is 29.9. The molecule has 0 unspecified atom stereocenters. The van der Waals surface area contributed by atoms with Crippen LogP contribution in [0.25, 0.3) is 11.3 Å². The fourth-order valence-corrected chi connectivity index (χ4v) is 6.48. The lowest BCUT2D eigenvalue weighted by Crippen LogP contribution is -2.44. The van der Waals surface area contributed by atoms with Gasteiger partial charge >= 0.3 is 0 Å². The zero-order valence-corrected chi connectivity index (χ0v) is 21.1. The number of anilines is 2. The first-order valence-corrected chi connectivity index (χ1v) is 13.5. The maximum absolute atomic E-state index is 6.73. The third-order valence-corrected chi connectivity index (χ3v) is 9.07. The Hall–Kier alpha value is -3.24. The summed E-state index contributed by atoms with van der Waals surface area (Å²) in [6.07, 6.45) is 13.0. The highest BCUT2D eigenvalue weighted by molar-refractivity contribution is 7.99. The summed E-state index contributed by atoms with van der Waals surface area (Å²) in [5, 5.41) is 4.35. The van der Waals surface area contributed by atoms with E-state index in [1.54, 1.807) is 18.0 Å². The highest BCUT2D eigenvalue weighted by Gasteiger charge is 2.46. The van der Waals surface area contributed by atoms with Crippen LogP contribution in [0.4, 0.5) is 11.8 Å². The van der Waals surface area contributed by atoms with Gasteiger partial charge in [-0.05, 0) is 67.7 Å². The van der Waals surface area contributed by atoms with Crippen LogP contribution in [0.15, 0.2) is 46.8 Å². The van der Waals surface area contributed by atoms with Crippen molar-refractivity contribution in [3.8, 4) is 0 Å². The van der Waals surface area contributed by atoms with E-state index in [1.165, 1.54) is 24.0 Å². The largest absolute Gasteiger partial charge is 0.367 e. The standard InChI is InChI=1S/C26H29N9S/c1-15-19(5-9-29-22(15)31-17-2-3-17)36-20-14-30-23-24(32-20)34-25(33-23)35-10-6-26(7-11-35)12-16-13-28-8-4-18(16)21(26)27/h4-5,8-9,13-14,17,21H,2-3,6-7,10-12,27H2,1H3,(H,29,31)(H,30,32,33,34)/t21-/m1/s1. The lowest BCUT2D eigenvalue weighted by Gasteiger charge is -2.42. The normalized spacial score (nSPS) is 20.7. The van der Waals surface area contributed by atoms with Crippen LogP contribution in [-0.4, -0.2) is 49.0 Å². The van der Waals surface area contributed by atoms with Crippen molar-refractivity contribution in [2.24, 2.45) is 11.1 Å². The first-order valence-electron chi connectivity index (χ1n) is 12.6. The molecule has 4 aromatic rings. The molecule has 1 saturated heterocycles. The third kappa shape index (κ3) is 3.79. The van der Waals surface area contributed by atoms with Gasteiger partial charge in [-0.2, -0.15) is 4.98 Å². The lowest BCUT2D eigenvalue weighted by atomic mass is 9.73. The molecule has 1 atom stereocenters. The van der Waals surface area contributed by atoms with Crippen molar-refractivity contribution in [3.63, 3.8) is 0 Å². The third-order valence-electron chi connectivity index (χ3n) is 8.00. The van der Waals surface area contributed by atoms with E-state index in [0.717, 1.165) is 65.3 Å². The number of hydrogen-bond acceptors (Lipinski definition) is 9. The highest BCUT2D eigenvalue weighted by Crippen LogP contribution is 2.50. The van der Waals surface area contributed by atoms with E-state index in [-0.39, 0.29) is 11.5 Å². The number of piperidine rings is 1. The van der Waals surface area contributed by atoms with E-state index in [4.69, 9.17) is 15.7 Å². The molecule has 7 rings (SSSR count). The molecule has 2 fully saturated rings. The quantitative estimate of drug-likeness (QED) is 0.374. The fraction of sp³-hybridized carbons (Fsp3) is 0.423. The van der Waals surface area contributed by atoms with E-state index in [1.807, 2.05) is 24.7 Å². The average molecular weight is 500 g/mol. The number of imidazole rings is 1. The second kappa shape index (κ2) is 8.41. The van der Waals surface area contributed by atoms with Gasteiger partial charge in [0.05, 0.1) is 6.20 Å². The molecule has 0 bridgehead atoms. The van der Waals surface area contributed by atoms with Crippen LogP contribution in [0, 0.1) is 12.3 Å². The molecule has 10 heteroatoms. The molecule has 3 aliphatic rings. The van der Waals surface area contributed by atoms with Crippen LogP contribution in [0.2, 0.25) is 0 Å². The number of pyridine rings is 2. The summed E-state index contributed by atoms with van der Waals surface area (Å²) in [5.74, 6) is 1.80. The summed E-state index contributed by atoms with van der Waals surface area (Å²) in [6.45, 7) is 3.92. The zero-order chi connectivity index (χ0) is 24.3. The van der Waals surface area contributed by atoms with Crippen molar-refractivity contribution < 1.29 is 0 Å². The minimum atomic E-state index is 0.0767. The Morgan fingerprint density at radius 2 is 1.97 bits per heavy atom. The predicted octanol–water partition coefficient (Wildman–Crippen LogP) is 4.02. The van der Waals surface area contributed by atoms with Gasteiger partial charge in [-0.1, -0.05) is 11.8 Å². The molecular weight excluding hydrogens is 470 g/mol. The number of rotatable bonds is 5. The Kier molecular flexibility index (Phi) is 5.14. The van der Waals surface area contributed by atoms with Gasteiger partial charge in [0.25, 0.3) is 0 Å². The molecular formula is C26H29N9S. The van der Waals surface area contributed by atoms with E-state index in [0.29, 0.717) is 11.7 Å². The van der Waals surface area contributed by atoms with Crippen LogP contribution < -0.4 is 16.0 Å². The molecule has 0 radical (unpaired) electrons. The van der Waals surface area contributed by atoms with Gasteiger partial charge in [-0.25, -0.2) is 15.0 Å². The molecule has 4 aromatic heterocycles. The van der Waals surface area contributed by atoms with E-state index < -0.39 is 0 Å². The van der Waals surface area contributed by atoms with Crippen LogP contribution >= 0.6 is 11.8 Å². The highest BCUT2D eigenvalue weighted by atomic mass is 32.2. The minimum absolute atomic E-state index is 0.0767. The topological polar surface area (TPSA) is 122 Å². The Labute approximate surface area is 213 Å². The average Bonchev–Trinajstić information content (AvgIpc) is 3.55. The SMILES string of the molecule is Cc1c(Sc2cnc3nc(N4CCC5(CC4)Cc4cnccc4[C@H]5N)[nH]c3n2)ccnc1NC1CC1. The van der Waals surface area contributed by atoms with E-state index in [2.05, 4.69) is 43.1 Å². The van der Waals surface area contributed by atoms with Gasteiger partial charge in [-0.15, -0.1) is 0 Å². The Bertz CT molecular complexity index is 1440. The van der Waals surface area contributed by atoms with Gasteiger partial charge in [0, 0.05) is 54.2 Å². The van der Waals surface area contributed by atoms with Gasteiger partial charge < -0.3 is 20.9 Å². The number of nitrogens with one attached hydrogen (secondary N) is 2. The van der Waals surface area contributed by atoms with Crippen molar-refractivity contribution in [2.45, 2.75) is 61.0 Å². The number of hydrogen-bond donors (Lipinski definition) is 3.